The number of anilines is 1. The number of hydrogen-bond acceptors (Lipinski definition) is 5. The fraction of sp³-hybridized carbons (Fsp3) is 0.250. The van der Waals surface area contributed by atoms with Crippen LogP contribution in [0.5, 0.6) is 0 Å². The molecule has 0 unspecified atom stereocenters. The lowest BCUT2D eigenvalue weighted by molar-refractivity contribution is -0.116. The number of amides is 1. The zero-order chi connectivity index (χ0) is 20.7. The molecular formula is C24H20N2O4. The number of aryl methyl sites for hydroxylation is 2. The largest absolute Gasteiger partial charge is 0.454 e. The van der Waals surface area contributed by atoms with Crippen LogP contribution in [0.3, 0.4) is 0 Å². The number of carbonyl (C=O) groups excluding carboxylic acids is 3. The van der Waals surface area contributed by atoms with E-state index in [9.17, 15) is 14.4 Å². The van der Waals surface area contributed by atoms with Crippen molar-refractivity contribution in [3.8, 4) is 0 Å². The van der Waals surface area contributed by atoms with Gasteiger partial charge in [0, 0.05) is 28.8 Å². The quantitative estimate of drug-likeness (QED) is 0.534. The number of esters is 1. The van der Waals surface area contributed by atoms with Crippen LogP contribution in [-0.2, 0) is 28.8 Å². The standard InChI is InChI=1S/C24H20N2O4/c27-21(15-8-10-18-14(12-15)9-11-22(28)26-18)13-30-24(29)23-16-4-1-2-6-19(16)25-20-7-3-5-17(20)23/h1-2,4,6,8,10,12H,3,5,7,9,11,13H2,(H,26,28). The SMILES string of the molecule is O=C1CCc2cc(C(=O)COC(=O)c3c4c(nc5ccccc35)CCC4)ccc2N1. The van der Waals surface area contributed by atoms with E-state index >= 15 is 0 Å². The molecule has 2 aromatic carbocycles. The van der Waals surface area contributed by atoms with Gasteiger partial charge in [-0.15, -0.1) is 0 Å². The lowest BCUT2D eigenvalue weighted by Crippen LogP contribution is -2.20. The number of pyridine rings is 1. The molecular weight excluding hydrogens is 380 g/mol. The van der Waals surface area contributed by atoms with Crippen LogP contribution in [0.15, 0.2) is 42.5 Å². The fourth-order valence-electron chi connectivity index (χ4n) is 4.29. The van der Waals surface area contributed by atoms with E-state index in [0.29, 0.717) is 24.0 Å². The number of nitrogens with zero attached hydrogens (tertiary/aromatic N) is 1. The second kappa shape index (κ2) is 7.37. The van der Waals surface area contributed by atoms with E-state index in [1.54, 1.807) is 18.2 Å². The summed E-state index contributed by atoms with van der Waals surface area (Å²) in [5.74, 6) is -0.768. The molecule has 1 amide bonds. The van der Waals surface area contributed by atoms with E-state index in [0.717, 1.165) is 52.7 Å². The van der Waals surface area contributed by atoms with Gasteiger partial charge in [0.15, 0.2) is 12.4 Å². The smallest absolute Gasteiger partial charge is 0.339 e. The number of fused-ring (bicyclic) bond motifs is 3. The third-order valence-electron chi connectivity index (χ3n) is 5.78. The number of rotatable bonds is 4. The molecule has 2 heterocycles. The first kappa shape index (κ1) is 18.5. The van der Waals surface area contributed by atoms with Crippen LogP contribution in [-0.4, -0.2) is 29.3 Å². The molecule has 0 saturated heterocycles. The van der Waals surface area contributed by atoms with Crippen molar-refractivity contribution in [3.05, 3.63) is 70.4 Å². The van der Waals surface area contributed by atoms with Crippen molar-refractivity contribution in [2.24, 2.45) is 0 Å². The minimum atomic E-state index is -0.481. The Labute approximate surface area is 173 Å². The first-order valence-corrected chi connectivity index (χ1v) is 10.1. The lowest BCUT2D eigenvalue weighted by Gasteiger charge is -2.17. The highest BCUT2D eigenvalue weighted by Gasteiger charge is 2.25. The molecule has 0 atom stereocenters. The molecule has 3 aromatic rings. The van der Waals surface area contributed by atoms with Crippen LogP contribution in [0.4, 0.5) is 5.69 Å². The van der Waals surface area contributed by atoms with Crippen LogP contribution in [0, 0.1) is 0 Å². The summed E-state index contributed by atoms with van der Waals surface area (Å²) in [6.07, 6.45) is 3.60. The number of para-hydroxylation sites is 1. The third kappa shape index (κ3) is 3.24. The van der Waals surface area contributed by atoms with Crippen molar-refractivity contribution in [1.29, 1.82) is 0 Å². The maximum atomic E-state index is 13.0. The van der Waals surface area contributed by atoms with Crippen LogP contribution in [0.25, 0.3) is 10.9 Å². The van der Waals surface area contributed by atoms with Crippen molar-refractivity contribution in [1.82, 2.24) is 4.98 Å². The van der Waals surface area contributed by atoms with Gasteiger partial charge in [0.25, 0.3) is 0 Å². The molecule has 5 rings (SSSR count). The molecule has 30 heavy (non-hydrogen) atoms. The predicted octanol–water partition coefficient (Wildman–Crippen LogP) is 3.65. The minimum Gasteiger partial charge on any atom is -0.454 e. The zero-order valence-corrected chi connectivity index (χ0v) is 16.4. The molecule has 0 fully saturated rings. The number of aromatic nitrogens is 1. The van der Waals surface area contributed by atoms with E-state index in [1.807, 2.05) is 24.3 Å². The van der Waals surface area contributed by atoms with E-state index < -0.39 is 5.97 Å². The van der Waals surface area contributed by atoms with E-state index in [1.165, 1.54) is 0 Å². The summed E-state index contributed by atoms with van der Waals surface area (Å²) in [7, 11) is 0. The van der Waals surface area contributed by atoms with Gasteiger partial charge < -0.3 is 10.1 Å². The summed E-state index contributed by atoms with van der Waals surface area (Å²) in [6.45, 7) is -0.324. The van der Waals surface area contributed by atoms with E-state index in [4.69, 9.17) is 4.74 Å². The molecule has 6 nitrogen and oxygen atoms in total. The monoisotopic (exact) mass is 400 g/mol. The summed E-state index contributed by atoms with van der Waals surface area (Å²) in [5, 5.41) is 3.56. The molecule has 1 aromatic heterocycles. The van der Waals surface area contributed by atoms with Crippen molar-refractivity contribution < 1.29 is 19.1 Å². The maximum absolute atomic E-state index is 13.0. The molecule has 0 bridgehead atoms. The van der Waals surface area contributed by atoms with Crippen LogP contribution in [0.2, 0.25) is 0 Å². The maximum Gasteiger partial charge on any atom is 0.339 e. The number of benzene rings is 2. The number of nitrogens with one attached hydrogen (secondary N) is 1. The Balaban J connectivity index is 1.37. The number of carbonyl (C=O) groups is 3. The first-order valence-electron chi connectivity index (χ1n) is 10.1. The van der Waals surface area contributed by atoms with E-state index in [2.05, 4.69) is 10.3 Å². The topological polar surface area (TPSA) is 85.4 Å². The Bertz CT molecular complexity index is 1220. The molecule has 0 spiro atoms. The van der Waals surface area contributed by atoms with Crippen LogP contribution < -0.4 is 5.32 Å². The Hall–Kier alpha value is -3.54. The molecule has 150 valence electrons. The predicted molar refractivity (Wildman–Crippen MR) is 112 cm³/mol. The molecule has 6 heteroatoms. The van der Waals surface area contributed by atoms with Crippen LogP contribution >= 0.6 is 0 Å². The van der Waals surface area contributed by atoms with Crippen LogP contribution in [0.1, 0.15) is 50.4 Å². The summed E-state index contributed by atoms with van der Waals surface area (Å²) in [5.41, 5.74) is 5.33. The zero-order valence-electron chi connectivity index (χ0n) is 16.4. The van der Waals surface area contributed by atoms with Gasteiger partial charge in [-0.3, -0.25) is 14.6 Å². The Morgan fingerprint density at radius 1 is 1.03 bits per heavy atom. The molecule has 2 aliphatic rings. The summed E-state index contributed by atoms with van der Waals surface area (Å²) in [4.78, 5) is 41.8. The summed E-state index contributed by atoms with van der Waals surface area (Å²) < 4.78 is 5.45. The normalized spacial score (nSPS) is 14.7. The van der Waals surface area contributed by atoms with Gasteiger partial charge in [0.05, 0.1) is 11.1 Å². The number of Topliss-reactive ketones (excluding diaryl/α,β-unsaturated/α-hetero) is 1. The van der Waals surface area contributed by atoms with Crippen molar-refractivity contribution in [2.75, 3.05) is 11.9 Å². The van der Waals surface area contributed by atoms with Gasteiger partial charge in [-0.25, -0.2) is 4.79 Å². The third-order valence-corrected chi connectivity index (χ3v) is 5.78. The van der Waals surface area contributed by atoms with Crippen molar-refractivity contribution in [3.63, 3.8) is 0 Å². The van der Waals surface area contributed by atoms with Crippen molar-refractivity contribution >= 4 is 34.3 Å². The highest BCUT2D eigenvalue weighted by atomic mass is 16.5. The van der Waals surface area contributed by atoms with E-state index in [-0.39, 0.29) is 18.3 Å². The average molecular weight is 400 g/mol. The summed E-state index contributed by atoms with van der Waals surface area (Å²) >= 11 is 0. The minimum absolute atomic E-state index is 0.0207. The lowest BCUT2D eigenvalue weighted by atomic mass is 9.99. The number of ether oxygens (including phenoxy) is 1. The van der Waals surface area contributed by atoms with Gasteiger partial charge >= 0.3 is 5.97 Å². The van der Waals surface area contributed by atoms with Gasteiger partial charge in [-0.2, -0.15) is 0 Å². The second-order valence-corrected chi connectivity index (χ2v) is 7.70. The summed E-state index contributed by atoms with van der Waals surface area (Å²) in [6, 6.07) is 12.7. The number of ketones is 1. The molecule has 1 N–H and O–H groups in total. The van der Waals surface area contributed by atoms with Crippen molar-refractivity contribution in [2.45, 2.75) is 32.1 Å². The van der Waals surface area contributed by atoms with Gasteiger partial charge in [-0.05, 0) is 61.1 Å². The highest BCUT2D eigenvalue weighted by Crippen LogP contribution is 2.30. The van der Waals surface area contributed by atoms with Gasteiger partial charge in [0.1, 0.15) is 0 Å². The Morgan fingerprint density at radius 3 is 2.80 bits per heavy atom. The molecule has 0 radical (unpaired) electrons. The number of hydrogen-bond donors (Lipinski definition) is 1. The second-order valence-electron chi connectivity index (χ2n) is 7.70. The molecule has 0 saturated carbocycles. The molecule has 1 aliphatic heterocycles. The fourth-order valence-corrected chi connectivity index (χ4v) is 4.29. The first-order chi connectivity index (χ1) is 14.6. The Morgan fingerprint density at radius 2 is 1.90 bits per heavy atom. The molecule has 1 aliphatic carbocycles. The highest BCUT2D eigenvalue weighted by molar-refractivity contribution is 6.07. The Kier molecular flexibility index (Phi) is 4.54. The van der Waals surface area contributed by atoms with Gasteiger partial charge in [-0.1, -0.05) is 18.2 Å². The van der Waals surface area contributed by atoms with Gasteiger partial charge in [0.2, 0.25) is 5.91 Å². The average Bonchev–Trinajstić information content (AvgIpc) is 3.23.